The van der Waals surface area contributed by atoms with Crippen molar-refractivity contribution in [2.45, 2.75) is 101 Å². The number of rotatable bonds is 10. The summed E-state index contributed by atoms with van der Waals surface area (Å²) in [7, 11) is 0. The largest absolute Gasteiger partial charge is 0.481 e. The summed E-state index contributed by atoms with van der Waals surface area (Å²) in [5, 5.41) is 26.2. The van der Waals surface area contributed by atoms with Crippen molar-refractivity contribution in [3.63, 3.8) is 0 Å². The highest BCUT2D eigenvalue weighted by Gasteiger charge is 2.49. The molecule has 7 heterocycles. The zero-order valence-corrected chi connectivity index (χ0v) is 30.3. The molecule has 4 saturated heterocycles. The third kappa shape index (κ3) is 6.38. The monoisotopic (exact) mass is 751 g/mol. The van der Waals surface area contributed by atoms with Crippen molar-refractivity contribution in [1.29, 1.82) is 0 Å². The van der Waals surface area contributed by atoms with Crippen LogP contribution >= 0.6 is 11.6 Å². The number of piperidine rings is 1. The number of halogens is 3. The van der Waals surface area contributed by atoms with Crippen LogP contribution in [0.3, 0.4) is 0 Å². The number of fused-ring (bicyclic) bond motifs is 3. The number of carboxylic acids is 1. The fourth-order valence-electron chi connectivity index (χ4n) is 9.46. The molecule has 6 atom stereocenters. The van der Waals surface area contributed by atoms with E-state index in [1.807, 2.05) is 15.6 Å². The number of nitrogens with zero attached hydrogens (tertiary/aromatic N) is 7. The summed E-state index contributed by atoms with van der Waals surface area (Å²) in [6.45, 7) is 2.90. The number of aliphatic hydroxyl groups excluding tert-OH is 1. The molecule has 0 bridgehead atoms. The molecule has 4 aromatic rings. The highest BCUT2D eigenvalue weighted by Crippen LogP contribution is 2.56. The van der Waals surface area contributed by atoms with Crippen LogP contribution in [0.4, 0.5) is 14.6 Å². The average molecular weight is 752 g/mol. The van der Waals surface area contributed by atoms with Gasteiger partial charge in [-0.3, -0.25) is 14.7 Å². The van der Waals surface area contributed by atoms with Crippen LogP contribution in [0, 0.1) is 11.7 Å². The van der Waals surface area contributed by atoms with E-state index in [-0.39, 0.29) is 48.3 Å². The number of aromatic nitrogens is 5. The van der Waals surface area contributed by atoms with Crippen molar-refractivity contribution < 1.29 is 33.3 Å². The third-order valence-electron chi connectivity index (χ3n) is 12.2. The fourth-order valence-corrected chi connectivity index (χ4v) is 9.80. The molecule has 1 unspecified atom stereocenters. The Morgan fingerprint density at radius 1 is 1.11 bits per heavy atom. The van der Waals surface area contributed by atoms with Crippen LogP contribution < -0.4 is 9.64 Å². The number of aliphatic carboxylic acids is 1. The van der Waals surface area contributed by atoms with Crippen molar-refractivity contribution in [3.05, 3.63) is 34.9 Å². The molecule has 0 amide bonds. The minimum absolute atomic E-state index is 0.0122. The minimum atomic E-state index is -0.930. The molecule has 53 heavy (non-hydrogen) atoms. The van der Waals surface area contributed by atoms with Crippen LogP contribution in [-0.2, 0) is 9.53 Å². The van der Waals surface area contributed by atoms with Gasteiger partial charge >= 0.3 is 12.0 Å². The highest BCUT2D eigenvalue weighted by atomic mass is 35.5. The van der Waals surface area contributed by atoms with Crippen LogP contribution in [0.15, 0.2) is 18.5 Å². The number of β-amino-alcohol motifs (C(OH)–C–C–N with tert-alkyl or cyclic N) is 1. The molecular formula is C38H44ClF2N7O5. The maximum absolute atomic E-state index is 17.5. The maximum atomic E-state index is 17.5. The summed E-state index contributed by atoms with van der Waals surface area (Å²) in [5.41, 5.74) is 1.55. The second-order valence-electron chi connectivity index (χ2n) is 15.6. The maximum Gasteiger partial charge on any atom is 0.319 e. The molecule has 12 nitrogen and oxygen atoms in total. The predicted molar refractivity (Wildman–Crippen MR) is 194 cm³/mol. The number of hydrogen-bond acceptors (Lipinski definition) is 10. The van der Waals surface area contributed by atoms with Crippen molar-refractivity contribution in [2.24, 2.45) is 5.92 Å². The number of pyridine rings is 1. The van der Waals surface area contributed by atoms with Crippen molar-refractivity contribution >= 4 is 45.2 Å². The van der Waals surface area contributed by atoms with Gasteiger partial charge in [0.2, 0.25) is 0 Å². The lowest BCUT2D eigenvalue weighted by atomic mass is 9.94. The molecule has 0 spiro atoms. The lowest BCUT2D eigenvalue weighted by Gasteiger charge is -2.32. The van der Waals surface area contributed by atoms with Gasteiger partial charge < -0.3 is 24.6 Å². The smallest absolute Gasteiger partial charge is 0.319 e. The molecule has 2 N–H and O–H groups in total. The first-order valence-electron chi connectivity index (χ1n) is 19.0. The van der Waals surface area contributed by atoms with Crippen LogP contribution in [-0.4, -0.2) is 103 Å². The van der Waals surface area contributed by atoms with Crippen molar-refractivity contribution in [1.82, 2.24) is 29.6 Å². The summed E-state index contributed by atoms with van der Waals surface area (Å²) in [5.74, 6) is -1.11. The first-order chi connectivity index (χ1) is 25.7. The van der Waals surface area contributed by atoms with Gasteiger partial charge in [0, 0.05) is 61.3 Å². The molecule has 15 heteroatoms. The molecule has 1 aliphatic carbocycles. The molecule has 4 aliphatic heterocycles. The zero-order valence-electron chi connectivity index (χ0n) is 29.5. The Kier molecular flexibility index (Phi) is 9.15. The number of carbonyl (C=O) groups is 1. The Labute approximate surface area is 310 Å². The number of ether oxygens (including phenoxy) is 2. The summed E-state index contributed by atoms with van der Waals surface area (Å²) in [6.07, 6.45) is 9.01. The Hall–Kier alpha value is -3.72. The molecule has 5 fully saturated rings. The van der Waals surface area contributed by atoms with Gasteiger partial charge in [0.05, 0.1) is 28.7 Å². The lowest BCUT2D eigenvalue weighted by molar-refractivity contribution is -0.137. The number of benzene rings is 1. The number of aliphatic hydroxyl groups is 1. The van der Waals surface area contributed by atoms with Crippen molar-refractivity contribution in [3.8, 4) is 17.3 Å². The topological polar surface area (TPSA) is 139 Å². The van der Waals surface area contributed by atoms with Crippen LogP contribution in [0.25, 0.3) is 33.1 Å². The fraction of sp³-hybridized carbons (Fsp3) is 0.605. The minimum Gasteiger partial charge on any atom is -0.481 e. The van der Waals surface area contributed by atoms with Crippen molar-refractivity contribution in [2.75, 3.05) is 44.3 Å². The van der Waals surface area contributed by atoms with Gasteiger partial charge in [-0.25, -0.2) is 13.5 Å². The molecule has 0 radical (unpaired) electrons. The number of carboxylic acid groups (broad SMARTS) is 1. The van der Waals surface area contributed by atoms with Gasteiger partial charge in [0.25, 0.3) is 0 Å². The van der Waals surface area contributed by atoms with E-state index >= 15 is 4.39 Å². The summed E-state index contributed by atoms with van der Waals surface area (Å²) >= 11 is 7.13. The first-order valence-corrected chi connectivity index (χ1v) is 19.4. The average Bonchev–Trinajstić information content (AvgIpc) is 3.43. The summed E-state index contributed by atoms with van der Waals surface area (Å²) in [4.78, 5) is 29.7. The van der Waals surface area contributed by atoms with Gasteiger partial charge in [0.15, 0.2) is 12.0 Å². The van der Waals surface area contributed by atoms with E-state index in [4.69, 9.17) is 36.1 Å². The Bertz CT molecular complexity index is 2060. The number of alkyl halides is 1. The van der Waals surface area contributed by atoms with E-state index in [1.165, 1.54) is 0 Å². The number of hydrogen-bond donors (Lipinski definition) is 2. The van der Waals surface area contributed by atoms with Crippen LogP contribution in [0.5, 0.6) is 6.01 Å². The molecule has 9 rings (SSSR count). The standard InChI is InChI=1S/C38H44ClF2N7O5/c39-27-14-28-25(17-43-48(28)29-6-1-2-12-52-29)32(31(27)24-13-21(24)7-8-30(50)51)35-33(41)34-26(16-42-35)36(46-10-3-5-23(49)19-46)45-37(44-34)53-20-38-9-4-11-47(38)18-22(40)15-38/h14,16-17,21-24,29,49H,1-13,15,18-20H2,(H,50,51)/t21-,22-,23-,24+,29?,38+/m1/s1. The second kappa shape index (κ2) is 13.8. The van der Waals surface area contributed by atoms with E-state index in [9.17, 15) is 19.4 Å². The van der Waals surface area contributed by atoms with Crippen LogP contribution in [0.2, 0.25) is 5.02 Å². The van der Waals surface area contributed by atoms with Crippen LogP contribution in [0.1, 0.15) is 88.3 Å². The van der Waals surface area contributed by atoms with E-state index in [0.29, 0.717) is 78.2 Å². The zero-order chi connectivity index (χ0) is 36.4. The van der Waals surface area contributed by atoms with Gasteiger partial charge in [-0.15, -0.1) is 0 Å². The van der Waals surface area contributed by atoms with Gasteiger partial charge in [-0.1, -0.05) is 11.6 Å². The number of anilines is 1. The third-order valence-corrected chi connectivity index (χ3v) is 12.5. The quantitative estimate of drug-likeness (QED) is 0.186. The molecule has 5 aliphatic rings. The highest BCUT2D eigenvalue weighted by molar-refractivity contribution is 6.33. The Balaban J connectivity index is 1.18. The second-order valence-corrected chi connectivity index (χ2v) is 16.1. The molecule has 3 aromatic heterocycles. The Morgan fingerprint density at radius 3 is 2.81 bits per heavy atom. The predicted octanol–water partition coefficient (Wildman–Crippen LogP) is 6.42. The van der Waals surface area contributed by atoms with E-state index in [0.717, 1.165) is 57.1 Å². The molecular weight excluding hydrogens is 708 g/mol. The Morgan fingerprint density at radius 2 is 2.00 bits per heavy atom. The van der Waals surface area contributed by atoms with Gasteiger partial charge in [-0.05, 0) is 87.8 Å². The lowest BCUT2D eigenvalue weighted by Crippen LogP contribution is -2.43. The first kappa shape index (κ1) is 35.0. The van der Waals surface area contributed by atoms with Gasteiger partial charge in [-0.2, -0.15) is 15.1 Å². The molecule has 282 valence electrons. The van der Waals surface area contributed by atoms with E-state index in [1.54, 1.807) is 12.4 Å². The molecule has 1 saturated carbocycles. The summed E-state index contributed by atoms with van der Waals surface area (Å²) in [6, 6.07) is 1.85. The normalized spacial score (nSPS) is 28.9. The summed E-state index contributed by atoms with van der Waals surface area (Å²) < 4.78 is 46.3. The van der Waals surface area contributed by atoms with E-state index in [2.05, 4.69) is 9.88 Å². The van der Waals surface area contributed by atoms with Gasteiger partial charge in [0.1, 0.15) is 29.8 Å². The molecule has 1 aromatic carbocycles. The SMILES string of the molecule is O=C(O)CC[C@@H]1C[C@@H]1c1c(Cl)cc2c(cnn2C2CCCCO2)c1-c1ncc2c(N3CCC[C@@H](O)C3)nc(OC[C@@]34CCCN3C[C@H](F)C4)nc2c1F. The van der Waals surface area contributed by atoms with E-state index < -0.39 is 29.6 Å².